The summed E-state index contributed by atoms with van der Waals surface area (Å²) in [6.07, 6.45) is 9.46. The Labute approximate surface area is 115 Å². The largest absolute Gasteiger partial charge is 0.350 e. The van der Waals surface area contributed by atoms with Gasteiger partial charge in [-0.1, -0.05) is 6.92 Å². The first-order chi connectivity index (χ1) is 8.97. The van der Waals surface area contributed by atoms with Crippen LogP contribution in [-0.4, -0.2) is 17.0 Å². The monoisotopic (exact) mass is 262 g/mol. The molecule has 19 heavy (non-hydrogen) atoms. The zero-order valence-electron chi connectivity index (χ0n) is 12.0. The lowest BCUT2D eigenvalue weighted by Gasteiger charge is -2.61. The van der Waals surface area contributed by atoms with Crippen LogP contribution in [0.3, 0.4) is 0 Å². The average molecular weight is 262 g/mol. The van der Waals surface area contributed by atoms with Gasteiger partial charge in [-0.15, -0.1) is 0 Å². The third-order valence-corrected chi connectivity index (χ3v) is 6.45. The first kappa shape index (κ1) is 12.2. The van der Waals surface area contributed by atoms with Crippen LogP contribution in [-0.2, 0) is 4.79 Å². The normalized spacial score (nSPS) is 54.8. The zero-order valence-corrected chi connectivity index (χ0v) is 12.0. The third-order valence-electron chi connectivity index (χ3n) is 6.45. The number of carbonyl (C=O) groups excluding carboxylic acids is 1. The molecule has 4 bridgehead atoms. The molecule has 0 aromatic rings. The highest BCUT2D eigenvalue weighted by molar-refractivity contribution is 5.80. The van der Waals surface area contributed by atoms with Crippen molar-refractivity contribution < 1.29 is 4.79 Å². The number of hydrogen-bond donors (Lipinski definition) is 2. The van der Waals surface area contributed by atoms with Crippen molar-refractivity contribution in [1.82, 2.24) is 5.32 Å². The lowest BCUT2D eigenvalue weighted by Crippen LogP contribution is -2.68. The van der Waals surface area contributed by atoms with E-state index in [1.807, 2.05) is 0 Å². The second kappa shape index (κ2) is 3.75. The summed E-state index contributed by atoms with van der Waals surface area (Å²) in [4.78, 5) is 12.5. The van der Waals surface area contributed by atoms with Crippen molar-refractivity contribution in [3.63, 3.8) is 0 Å². The highest BCUT2D eigenvalue weighted by Gasteiger charge is 2.57. The van der Waals surface area contributed by atoms with E-state index >= 15 is 0 Å². The lowest BCUT2D eigenvalue weighted by atomic mass is 9.50. The van der Waals surface area contributed by atoms with Gasteiger partial charge in [0.15, 0.2) is 0 Å². The number of hydrogen-bond acceptors (Lipinski definition) is 2. The van der Waals surface area contributed by atoms with Crippen molar-refractivity contribution in [1.29, 1.82) is 0 Å². The predicted octanol–water partition coefficient (Wildman–Crippen LogP) is 2.20. The quantitative estimate of drug-likeness (QED) is 0.801. The molecule has 1 amide bonds. The van der Waals surface area contributed by atoms with E-state index in [1.54, 1.807) is 0 Å². The second-order valence-electron chi connectivity index (χ2n) is 8.25. The molecule has 106 valence electrons. The summed E-state index contributed by atoms with van der Waals surface area (Å²) < 4.78 is 0. The van der Waals surface area contributed by atoms with Crippen LogP contribution in [0, 0.1) is 23.7 Å². The fourth-order valence-electron chi connectivity index (χ4n) is 5.89. The van der Waals surface area contributed by atoms with Crippen molar-refractivity contribution >= 4 is 5.91 Å². The lowest BCUT2D eigenvalue weighted by molar-refractivity contribution is -0.136. The van der Waals surface area contributed by atoms with E-state index in [-0.39, 0.29) is 17.0 Å². The van der Waals surface area contributed by atoms with Crippen molar-refractivity contribution in [3.05, 3.63) is 0 Å². The van der Waals surface area contributed by atoms with E-state index in [0.717, 1.165) is 24.7 Å². The van der Waals surface area contributed by atoms with Gasteiger partial charge in [0.25, 0.3) is 0 Å². The van der Waals surface area contributed by atoms with Gasteiger partial charge >= 0.3 is 0 Å². The van der Waals surface area contributed by atoms with E-state index in [0.29, 0.717) is 11.8 Å². The molecule has 5 fully saturated rings. The summed E-state index contributed by atoms with van der Waals surface area (Å²) >= 11 is 0. The summed E-state index contributed by atoms with van der Waals surface area (Å²) in [6, 6.07) is 0. The minimum absolute atomic E-state index is 0.0304. The van der Waals surface area contributed by atoms with Crippen LogP contribution in [0.1, 0.15) is 58.3 Å². The Bertz CT molecular complexity index is 405. The maximum absolute atomic E-state index is 12.5. The number of rotatable bonds is 2. The molecule has 3 heteroatoms. The summed E-state index contributed by atoms with van der Waals surface area (Å²) in [7, 11) is 0. The molecule has 3 nitrogen and oxygen atoms in total. The highest BCUT2D eigenvalue weighted by atomic mass is 16.2. The van der Waals surface area contributed by atoms with E-state index in [9.17, 15) is 4.79 Å². The van der Waals surface area contributed by atoms with Crippen LogP contribution in [0.15, 0.2) is 0 Å². The molecule has 5 aliphatic carbocycles. The SMILES string of the molecule is CC1CCC1C(=O)NC12CC3CC(CC(N)(C3)C1)C2. The van der Waals surface area contributed by atoms with Crippen LogP contribution in [0.25, 0.3) is 0 Å². The van der Waals surface area contributed by atoms with E-state index in [4.69, 9.17) is 5.73 Å². The van der Waals surface area contributed by atoms with Crippen LogP contribution in [0.4, 0.5) is 0 Å². The fourth-order valence-corrected chi connectivity index (χ4v) is 5.89. The summed E-state index contributed by atoms with van der Waals surface area (Å²) in [6.45, 7) is 2.21. The Morgan fingerprint density at radius 2 is 1.84 bits per heavy atom. The van der Waals surface area contributed by atoms with Crippen LogP contribution in [0.5, 0.6) is 0 Å². The topological polar surface area (TPSA) is 55.1 Å². The molecule has 0 radical (unpaired) electrons. The Hall–Kier alpha value is -0.570. The maximum Gasteiger partial charge on any atom is 0.223 e. The molecule has 0 saturated heterocycles. The maximum atomic E-state index is 12.5. The Balaban J connectivity index is 1.52. The minimum Gasteiger partial charge on any atom is -0.350 e. The van der Waals surface area contributed by atoms with Crippen molar-refractivity contribution in [2.24, 2.45) is 29.4 Å². The molecular formula is C16H26N2O. The van der Waals surface area contributed by atoms with Gasteiger partial charge in [0.1, 0.15) is 0 Å². The molecule has 0 spiro atoms. The number of nitrogens with one attached hydrogen (secondary N) is 1. The van der Waals surface area contributed by atoms with Gasteiger partial charge in [0.05, 0.1) is 0 Å². The second-order valence-corrected chi connectivity index (χ2v) is 8.25. The fraction of sp³-hybridized carbons (Fsp3) is 0.938. The molecule has 5 saturated carbocycles. The Morgan fingerprint density at radius 1 is 1.16 bits per heavy atom. The molecule has 5 aliphatic rings. The van der Waals surface area contributed by atoms with E-state index in [2.05, 4.69) is 12.2 Å². The number of carbonyl (C=O) groups is 1. The summed E-state index contributed by atoms with van der Waals surface area (Å²) in [5.41, 5.74) is 6.67. The van der Waals surface area contributed by atoms with Gasteiger partial charge in [-0.25, -0.2) is 0 Å². The van der Waals surface area contributed by atoms with E-state index < -0.39 is 0 Å². The smallest absolute Gasteiger partial charge is 0.223 e. The molecular weight excluding hydrogens is 236 g/mol. The van der Waals surface area contributed by atoms with Gasteiger partial charge in [0, 0.05) is 17.0 Å². The van der Waals surface area contributed by atoms with Crippen LogP contribution >= 0.6 is 0 Å². The van der Waals surface area contributed by atoms with Gasteiger partial charge in [-0.2, -0.15) is 0 Å². The number of amides is 1. The summed E-state index contributed by atoms with van der Waals surface area (Å²) in [5, 5.41) is 3.46. The van der Waals surface area contributed by atoms with Crippen LogP contribution < -0.4 is 11.1 Å². The van der Waals surface area contributed by atoms with Gasteiger partial charge in [-0.05, 0) is 69.1 Å². The molecule has 4 atom stereocenters. The predicted molar refractivity (Wildman–Crippen MR) is 74.4 cm³/mol. The third kappa shape index (κ3) is 1.84. The average Bonchev–Trinajstić information content (AvgIpc) is 2.22. The molecule has 0 aromatic heterocycles. The molecule has 0 aromatic carbocycles. The molecule has 0 aliphatic heterocycles. The molecule has 5 rings (SSSR count). The van der Waals surface area contributed by atoms with Gasteiger partial charge in [0.2, 0.25) is 5.91 Å². The Morgan fingerprint density at radius 3 is 2.32 bits per heavy atom. The molecule has 3 N–H and O–H groups in total. The highest BCUT2D eigenvalue weighted by Crippen LogP contribution is 2.56. The zero-order chi connectivity index (χ0) is 13.3. The number of nitrogens with two attached hydrogens (primary N) is 1. The summed E-state index contributed by atoms with van der Waals surface area (Å²) in [5.74, 6) is 2.72. The standard InChI is InChI=1S/C16H26N2O/c1-10-2-3-13(10)14(19)18-16-7-11-4-12(8-16)6-15(17,5-11)9-16/h10-13H,2-9,17H2,1H3,(H,18,19). The molecule has 4 unspecified atom stereocenters. The van der Waals surface area contributed by atoms with Crippen molar-refractivity contribution in [3.8, 4) is 0 Å². The molecule has 0 heterocycles. The first-order valence-electron chi connectivity index (χ1n) is 8.08. The van der Waals surface area contributed by atoms with Crippen LogP contribution in [0.2, 0.25) is 0 Å². The van der Waals surface area contributed by atoms with E-state index in [1.165, 1.54) is 38.5 Å². The van der Waals surface area contributed by atoms with Crippen molar-refractivity contribution in [2.45, 2.75) is 69.4 Å². The Kier molecular flexibility index (Phi) is 2.41. The van der Waals surface area contributed by atoms with Gasteiger partial charge in [-0.3, -0.25) is 4.79 Å². The minimum atomic E-state index is 0.0304. The first-order valence-corrected chi connectivity index (χ1v) is 8.08. The van der Waals surface area contributed by atoms with Crippen molar-refractivity contribution in [2.75, 3.05) is 0 Å². The van der Waals surface area contributed by atoms with Gasteiger partial charge < -0.3 is 11.1 Å².